The minimum Gasteiger partial charge on any atom is -0.489 e. The van der Waals surface area contributed by atoms with Crippen LogP contribution in [0.15, 0.2) is 66.7 Å². The van der Waals surface area contributed by atoms with Gasteiger partial charge in [0.2, 0.25) is 6.79 Å². The van der Waals surface area contributed by atoms with Crippen molar-refractivity contribution in [3.05, 3.63) is 89.0 Å². The van der Waals surface area contributed by atoms with Crippen molar-refractivity contribution in [3.63, 3.8) is 0 Å². The number of fused-ring (bicyclic) bond motifs is 2. The average Bonchev–Trinajstić information content (AvgIpc) is 3.20. The van der Waals surface area contributed by atoms with Gasteiger partial charge in [0.25, 0.3) is 0 Å². The second kappa shape index (κ2) is 8.76. The first-order valence-electron chi connectivity index (χ1n) is 9.76. The summed E-state index contributed by atoms with van der Waals surface area (Å²) in [4.78, 5) is 0. The van der Waals surface area contributed by atoms with Gasteiger partial charge < -0.3 is 19.5 Å². The van der Waals surface area contributed by atoms with Crippen molar-refractivity contribution in [1.82, 2.24) is 5.32 Å². The molecule has 2 aliphatic rings. The topological polar surface area (TPSA) is 39.7 Å². The fraction of sp³-hybridized carbons (Fsp3) is 0.250. The molecule has 0 radical (unpaired) electrons. The van der Waals surface area contributed by atoms with Gasteiger partial charge in [0.1, 0.15) is 12.4 Å². The number of ether oxygens (including phenoxy) is 3. The van der Waals surface area contributed by atoms with Crippen LogP contribution in [0.3, 0.4) is 0 Å². The van der Waals surface area contributed by atoms with Crippen molar-refractivity contribution >= 4 is 12.4 Å². The van der Waals surface area contributed by atoms with Crippen LogP contribution in [0.4, 0.5) is 0 Å². The Balaban J connectivity index is 0.00000205. The van der Waals surface area contributed by atoms with E-state index in [0.29, 0.717) is 13.4 Å². The Morgan fingerprint density at radius 3 is 2.45 bits per heavy atom. The van der Waals surface area contributed by atoms with Gasteiger partial charge in [0.15, 0.2) is 11.5 Å². The Morgan fingerprint density at radius 2 is 1.66 bits per heavy atom. The van der Waals surface area contributed by atoms with Crippen LogP contribution in [-0.2, 0) is 19.4 Å². The summed E-state index contributed by atoms with van der Waals surface area (Å²) in [6.07, 6.45) is 1.96. The van der Waals surface area contributed by atoms with E-state index < -0.39 is 0 Å². The van der Waals surface area contributed by atoms with Gasteiger partial charge in [-0.1, -0.05) is 42.5 Å². The van der Waals surface area contributed by atoms with Crippen LogP contribution >= 0.6 is 12.4 Å². The first-order valence-corrected chi connectivity index (χ1v) is 9.76. The lowest BCUT2D eigenvalue weighted by atomic mass is 9.90. The second-order valence-corrected chi connectivity index (χ2v) is 7.28. The third kappa shape index (κ3) is 4.34. The van der Waals surface area contributed by atoms with E-state index in [1.54, 1.807) is 0 Å². The highest BCUT2D eigenvalue weighted by atomic mass is 35.5. The number of hydrogen-bond acceptors (Lipinski definition) is 4. The molecule has 1 N–H and O–H groups in total. The first-order chi connectivity index (χ1) is 13.8. The summed E-state index contributed by atoms with van der Waals surface area (Å²) >= 11 is 0. The summed E-state index contributed by atoms with van der Waals surface area (Å²) in [6, 6.07) is 23.2. The highest BCUT2D eigenvalue weighted by Gasteiger charge is 2.25. The smallest absolute Gasteiger partial charge is 0.231 e. The maximum Gasteiger partial charge on any atom is 0.231 e. The van der Waals surface area contributed by atoms with Crippen LogP contribution in [0.2, 0.25) is 0 Å². The molecule has 0 saturated heterocycles. The molecule has 3 aromatic rings. The zero-order valence-electron chi connectivity index (χ0n) is 16.1. The SMILES string of the molecule is Cl.c1ccc(COc2ccc(CC3NCCc4cc5c(cc43)OCO5)cc2)cc1. The maximum atomic E-state index is 5.90. The maximum absolute atomic E-state index is 5.90. The molecule has 29 heavy (non-hydrogen) atoms. The van der Waals surface area contributed by atoms with Crippen LogP contribution in [0, 0.1) is 0 Å². The zero-order chi connectivity index (χ0) is 18.8. The molecule has 0 amide bonds. The molecule has 5 heteroatoms. The van der Waals surface area contributed by atoms with Crippen molar-refractivity contribution in [3.8, 4) is 17.2 Å². The number of nitrogens with one attached hydrogen (secondary N) is 1. The Morgan fingerprint density at radius 1 is 0.897 bits per heavy atom. The fourth-order valence-corrected chi connectivity index (χ4v) is 3.91. The van der Waals surface area contributed by atoms with E-state index in [4.69, 9.17) is 14.2 Å². The summed E-state index contributed by atoms with van der Waals surface area (Å²) in [5.41, 5.74) is 5.14. The van der Waals surface area contributed by atoms with Gasteiger partial charge in [-0.3, -0.25) is 0 Å². The molecule has 0 aromatic heterocycles. The minimum atomic E-state index is 0. The Hall–Kier alpha value is -2.69. The number of rotatable bonds is 5. The molecule has 5 rings (SSSR count). The molecule has 3 aromatic carbocycles. The highest BCUT2D eigenvalue weighted by molar-refractivity contribution is 5.85. The predicted molar refractivity (Wildman–Crippen MR) is 115 cm³/mol. The number of hydrogen-bond donors (Lipinski definition) is 1. The quantitative estimate of drug-likeness (QED) is 0.654. The molecule has 0 saturated carbocycles. The molecular weight excluding hydrogens is 386 g/mol. The molecule has 2 heterocycles. The van der Waals surface area contributed by atoms with E-state index >= 15 is 0 Å². The van der Waals surface area contributed by atoms with E-state index in [1.165, 1.54) is 22.3 Å². The predicted octanol–water partition coefficient (Wildman–Crippen LogP) is 4.85. The first kappa shape index (κ1) is 19.6. The largest absolute Gasteiger partial charge is 0.489 e. The van der Waals surface area contributed by atoms with E-state index in [2.05, 4.69) is 53.8 Å². The van der Waals surface area contributed by atoms with Crippen LogP contribution in [-0.4, -0.2) is 13.3 Å². The van der Waals surface area contributed by atoms with Crippen molar-refractivity contribution in [2.24, 2.45) is 0 Å². The number of benzene rings is 3. The summed E-state index contributed by atoms with van der Waals surface area (Å²) in [7, 11) is 0. The molecule has 1 atom stereocenters. The molecule has 2 aliphatic heterocycles. The summed E-state index contributed by atoms with van der Waals surface area (Å²) in [5, 5.41) is 3.65. The van der Waals surface area contributed by atoms with Crippen LogP contribution < -0.4 is 19.5 Å². The molecule has 0 spiro atoms. The summed E-state index contributed by atoms with van der Waals surface area (Å²) in [6.45, 7) is 1.89. The van der Waals surface area contributed by atoms with Crippen LogP contribution in [0.1, 0.15) is 28.3 Å². The molecule has 0 fully saturated rings. The number of halogens is 1. The summed E-state index contributed by atoms with van der Waals surface area (Å²) in [5.74, 6) is 2.63. The lowest BCUT2D eigenvalue weighted by Crippen LogP contribution is -2.31. The minimum absolute atomic E-state index is 0. The lowest BCUT2D eigenvalue weighted by molar-refractivity contribution is 0.174. The van der Waals surface area contributed by atoms with E-state index in [1.807, 2.05) is 18.2 Å². The average molecular weight is 410 g/mol. The highest BCUT2D eigenvalue weighted by Crippen LogP contribution is 2.39. The zero-order valence-corrected chi connectivity index (χ0v) is 16.9. The Labute approximate surface area is 177 Å². The lowest BCUT2D eigenvalue weighted by Gasteiger charge is -2.27. The van der Waals surface area contributed by atoms with Gasteiger partial charge >= 0.3 is 0 Å². The fourth-order valence-electron chi connectivity index (χ4n) is 3.91. The van der Waals surface area contributed by atoms with Gasteiger partial charge in [-0.25, -0.2) is 0 Å². The molecule has 1 unspecified atom stereocenters. The van der Waals surface area contributed by atoms with Crippen LogP contribution in [0.25, 0.3) is 0 Å². The molecule has 0 aliphatic carbocycles. The Kier molecular flexibility index (Phi) is 5.93. The third-order valence-corrected chi connectivity index (χ3v) is 5.41. The molecule has 150 valence electrons. The van der Waals surface area contributed by atoms with E-state index in [0.717, 1.165) is 36.6 Å². The Bertz CT molecular complexity index is 960. The van der Waals surface area contributed by atoms with Gasteiger partial charge in [0, 0.05) is 6.04 Å². The van der Waals surface area contributed by atoms with Crippen molar-refractivity contribution in [1.29, 1.82) is 0 Å². The van der Waals surface area contributed by atoms with Crippen LogP contribution in [0.5, 0.6) is 17.2 Å². The van der Waals surface area contributed by atoms with Gasteiger partial charge in [-0.2, -0.15) is 0 Å². The third-order valence-electron chi connectivity index (χ3n) is 5.41. The van der Waals surface area contributed by atoms with Crippen molar-refractivity contribution < 1.29 is 14.2 Å². The standard InChI is InChI=1S/C24H23NO3.ClH/c1-2-4-18(5-3-1)15-26-20-8-6-17(7-9-20)12-22-21-14-24-23(27-16-28-24)13-19(21)10-11-25-22;/h1-9,13-14,22,25H,10-12,15-16H2;1H. The summed E-state index contributed by atoms with van der Waals surface area (Å²) < 4.78 is 17.0. The van der Waals surface area contributed by atoms with Gasteiger partial charge in [-0.05, 0) is 65.9 Å². The van der Waals surface area contributed by atoms with E-state index in [9.17, 15) is 0 Å². The molecule has 0 bridgehead atoms. The van der Waals surface area contributed by atoms with Crippen molar-refractivity contribution in [2.75, 3.05) is 13.3 Å². The van der Waals surface area contributed by atoms with Gasteiger partial charge in [0.05, 0.1) is 0 Å². The van der Waals surface area contributed by atoms with Gasteiger partial charge in [-0.15, -0.1) is 12.4 Å². The van der Waals surface area contributed by atoms with Crippen molar-refractivity contribution in [2.45, 2.75) is 25.5 Å². The van der Waals surface area contributed by atoms with E-state index in [-0.39, 0.29) is 18.4 Å². The monoisotopic (exact) mass is 409 g/mol. The molecular formula is C24H24ClNO3. The molecule has 4 nitrogen and oxygen atoms in total. The normalized spacial score (nSPS) is 16.6. The second-order valence-electron chi connectivity index (χ2n) is 7.28.